The smallest absolute Gasteiger partial charge is 0.451 e. The number of hydrogen-bond acceptors (Lipinski definition) is 8. The van der Waals surface area contributed by atoms with E-state index < -0.39 is 23.2 Å². The zero-order valence-corrected chi connectivity index (χ0v) is 24.2. The molecule has 1 N–H and O–H groups in total. The van der Waals surface area contributed by atoms with Crippen molar-refractivity contribution >= 4 is 11.6 Å². The van der Waals surface area contributed by atoms with E-state index in [0.717, 1.165) is 55.7 Å². The Morgan fingerprint density at radius 2 is 1.89 bits per heavy atom. The van der Waals surface area contributed by atoms with Crippen molar-refractivity contribution in [2.75, 3.05) is 13.1 Å². The summed E-state index contributed by atoms with van der Waals surface area (Å²) in [5, 5.41) is 16.9. The molecule has 9 nitrogen and oxygen atoms in total. The maximum Gasteiger partial charge on any atom is 0.451 e. The molecule has 14 heteroatoms. The summed E-state index contributed by atoms with van der Waals surface area (Å²) in [5.41, 5.74) is 2.74. The first kappa shape index (κ1) is 29.9. The highest BCUT2D eigenvalue weighted by Crippen LogP contribution is 2.48. The Labute approximate surface area is 255 Å². The van der Waals surface area contributed by atoms with Gasteiger partial charge in [-0.1, -0.05) is 17.7 Å². The number of alkyl halides is 3. The topological polar surface area (TPSA) is 116 Å². The maximum atomic E-state index is 14.1. The molecule has 0 amide bonds. The van der Waals surface area contributed by atoms with Crippen LogP contribution in [0.5, 0.6) is 6.01 Å². The fourth-order valence-electron chi connectivity index (χ4n) is 5.36. The highest BCUT2D eigenvalue weighted by atomic mass is 35.5. The zero-order chi connectivity index (χ0) is 30.9. The number of nitriles is 1. The number of ether oxygens (including phenoxy) is 1. The second-order valence-electron chi connectivity index (χ2n) is 11.3. The Kier molecular flexibility index (Phi) is 8.22. The van der Waals surface area contributed by atoms with Gasteiger partial charge in [-0.25, -0.2) is 9.37 Å². The van der Waals surface area contributed by atoms with E-state index in [1.54, 1.807) is 24.4 Å². The van der Waals surface area contributed by atoms with Crippen LogP contribution < -0.4 is 4.74 Å². The molecule has 2 fully saturated rings. The molecule has 1 aliphatic heterocycles. The van der Waals surface area contributed by atoms with E-state index in [2.05, 4.69) is 41.1 Å². The summed E-state index contributed by atoms with van der Waals surface area (Å²) >= 11 is 5.82. The number of hydrogen-bond donors (Lipinski definition) is 1. The molecule has 228 valence electrons. The van der Waals surface area contributed by atoms with E-state index in [9.17, 15) is 22.8 Å². The van der Waals surface area contributed by atoms with Crippen LogP contribution in [0, 0.1) is 22.6 Å². The molecule has 0 radical (unpaired) electrons. The normalized spacial score (nSPS) is 16.9. The number of nitrogens with zero attached hydrogens (tertiary/aromatic N) is 7. The molecular weight excluding hydrogens is 600 g/mol. The number of rotatable bonds is 9. The van der Waals surface area contributed by atoms with Crippen molar-refractivity contribution in [3.63, 3.8) is 0 Å². The van der Waals surface area contributed by atoms with Crippen LogP contribution in [-0.2, 0) is 25.7 Å². The van der Waals surface area contributed by atoms with Crippen LogP contribution in [0.3, 0.4) is 0 Å². The van der Waals surface area contributed by atoms with Gasteiger partial charge < -0.3 is 9.72 Å². The minimum atomic E-state index is -4.64. The SMILES string of the molecule is N#CC1(Cc2cc(-c3nnc(C(F)(F)F)[nH]3)cnc2CN2CCC(c3ccnc(OCc4ccc(Cl)cc4F)n3)CC2)CC1. The average Bonchev–Trinajstić information content (AvgIpc) is 3.59. The molecule has 2 aliphatic rings. The van der Waals surface area contributed by atoms with Crippen molar-refractivity contribution in [2.24, 2.45) is 5.41 Å². The third kappa shape index (κ3) is 6.81. The van der Waals surface area contributed by atoms with E-state index in [-0.39, 0.29) is 24.4 Å². The van der Waals surface area contributed by atoms with Crippen molar-refractivity contribution in [1.82, 2.24) is 35.0 Å². The maximum absolute atomic E-state index is 14.1. The molecule has 0 bridgehead atoms. The van der Waals surface area contributed by atoms with Gasteiger partial charge in [0.1, 0.15) is 12.4 Å². The number of nitrogens with one attached hydrogen (secondary N) is 1. The molecular formula is C30H27ClF4N8O. The van der Waals surface area contributed by atoms with Crippen LogP contribution in [0.2, 0.25) is 5.02 Å². The molecule has 3 aromatic heterocycles. The summed E-state index contributed by atoms with van der Waals surface area (Å²) < 4.78 is 58.9. The number of H-pyrrole nitrogens is 1. The Morgan fingerprint density at radius 3 is 2.57 bits per heavy atom. The summed E-state index contributed by atoms with van der Waals surface area (Å²) in [6, 6.07) is 10.6. The quantitative estimate of drug-likeness (QED) is 0.216. The van der Waals surface area contributed by atoms with Gasteiger partial charge in [0.2, 0.25) is 5.82 Å². The molecule has 1 saturated carbocycles. The first-order chi connectivity index (χ1) is 21.1. The van der Waals surface area contributed by atoms with Crippen molar-refractivity contribution < 1.29 is 22.3 Å². The van der Waals surface area contributed by atoms with Crippen molar-refractivity contribution in [1.29, 1.82) is 5.26 Å². The molecule has 0 spiro atoms. The molecule has 44 heavy (non-hydrogen) atoms. The first-order valence-electron chi connectivity index (χ1n) is 14.1. The summed E-state index contributed by atoms with van der Waals surface area (Å²) in [6.07, 6.45) is 2.18. The fourth-order valence-corrected chi connectivity index (χ4v) is 5.52. The minimum Gasteiger partial charge on any atom is -0.458 e. The molecule has 0 unspecified atom stereocenters. The largest absolute Gasteiger partial charge is 0.458 e. The number of benzene rings is 1. The lowest BCUT2D eigenvalue weighted by Gasteiger charge is -2.32. The lowest BCUT2D eigenvalue weighted by atomic mass is 9.92. The van der Waals surface area contributed by atoms with Crippen LogP contribution in [0.4, 0.5) is 17.6 Å². The number of aromatic nitrogens is 6. The Bertz CT molecular complexity index is 1690. The van der Waals surface area contributed by atoms with Crippen LogP contribution in [0.25, 0.3) is 11.4 Å². The van der Waals surface area contributed by atoms with Gasteiger partial charge >= 0.3 is 12.2 Å². The number of aromatic amines is 1. The number of halogens is 5. The van der Waals surface area contributed by atoms with Gasteiger partial charge in [0.15, 0.2) is 5.82 Å². The summed E-state index contributed by atoms with van der Waals surface area (Å²) in [5.74, 6) is -1.47. The molecule has 1 aliphatic carbocycles. The van der Waals surface area contributed by atoms with Crippen molar-refractivity contribution in [3.8, 4) is 23.5 Å². The van der Waals surface area contributed by atoms with Gasteiger partial charge in [-0.3, -0.25) is 9.88 Å². The fraction of sp³-hybridized carbons (Fsp3) is 0.400. The number of likely N-dealkylation sites (tertiary alicyclic amines) is 1. The highest BCUT2D eigenvalue weighted by Gasteiger charge is 2.44. The van der Waals surface area contributed by atoms with Crippen molar-refractivity contribution in [2.45, 2.75) is 57.3 Å². The lowest BCUT2D eigenvalue weighted by Crippen LogP contribution is -2.33. The third-order valence-corrected chi connectivity index (χ3v) is 8.35. The summed E-state index contributed by atoms with van der Waals surface area (Å²) in [6.45, 7) is 2.05. The molecule has 4 heterocycles. The van der Waals surface area contributed by atoms with Crippen LogP contribution in [-0.4, -0.2) is 48.1 Å². The first-order valence-corrected chi connectivity index (χ1v) is 14.5. The Morgan fingerprint density at radius 1 is 1.09 bits per heavy atom. The second kappa shape index (κ2) is 12.1. The molecule has 0 atom stereocenters. The van der Waals surface area contributed by atoms with Gasteiger partial charge in [0.25, 0.3) is 0 Å². The van der Waals surface area contributed by atoms with Gasteiger partial charge in [0.05, 0.1) is 22.9 Å². The number of pyridine rings is 1. The van der Waals surface area contributed by atoms with Crippen molar-refractivity contribution in [3.05, 3.63) is 81.9 Å². The lowest BCUT2D eigenvalue weighted by molar-refractivity contribution is -0.144. The molecule has 1 aromatic carbocycles. The van der Waals surface area contributed by atoms with E-state index in [1.165, 1.54) is 12.3 Å². The summed E-state index contributed by atoms with van der Waals surface area (Å²) in [7, 11) is 0. The van der Waals surface area contributed by atoms with E-state index in [1.807, 2.05) is 6.07 Å². The van der Waals surface area contributed by atoms with Crippen LogP contribution >= 0.6 is 11.6 Å². The molecule has 1 saturated heterocycles. The Balaban J connectivity index is 1.11. The van der Waals surface area contributed by atoms with Gasteiger partial charge in [-0.05, 0) is 75.0 Å². The zero-order valence-electron chi connectivity index (χ0n) is 23.4. The summed E-state index contributed by atoms with van der Waals surface area (Å²) in [4.78, 5) is 17.9. The highest BCUT2D eigenvalue weighted by molar-refractivity contribution is 6.30. The third-order valence-electron chi connectivity index (χ3n) is 8.11. The minimum absolute atomic E-state index is 0.0215. The van der Waals surface area contributed by atoms with Crippen LogP contribution in [0.15, 0.2) is 42.7 Å². The Hall–Kier alpha value is -4.15. The van der Waals surface area contributed by atoms with Gasteiger partial charge in [-0.15, -0.1) is 10.2 Å². The van der Waals surface area contributed by atoms with Crippen LogP contribution in [0.1, 0.15) is 59.9 Å². The van der Waals surface area contributed by atoms with E-state index in [4.69, 9.17) is 16.3 Å². The molecule has 6 rings (SSSR count). The average molecular weight is 627 g/mol. The standard InChI is InChI=1S/C30H27ClF4N8O/c31-22-2-1-19(23(32)12-22)16-44-28-37-8-3-24(39-28)18-4-9-43(10-5-18)15-25-20(13-29(17-36)6-7-29)11-21(14-38-25)26-40-27(42-41-26)30(33,34)35/h1-3,8,11-12,14,18H,4-7,9-10,13,15-16H2,(H,40,41,42). The second-order valence-corrected chi connectivity index (χ2v) is 11.7. The predicted octanol–water partition coefficient (Wildman–Crippen LogP) is 6.27. The van der Waals surface area contributed by atoms with Gasteiger partial charge in [0, 0.05) is 41.0 Å². The molecule has 4 aromatic rings. The predicted molar refractivity (Wildman–Crippen MR) is 151 cm³/mol. The monoisotopic (exact) mass is 626 g/mol. The van der Waals surface area contributed by atoms with E-state index in [0.29, 0.717) is 29.1 Å². The van der Waals surface area contributed by atoms with Gasteiger partial charge in [-0.2, -0.15) is 23.4 Å². The number of piperidine rings is 1. The van der Waals surface area contributed by atoms with E-state index >= 15 is 0 Å².